The number of anilines is 1. The number of nitrogens with one attached hydrogen (secondary N) is 1. The highest BCUT2D eigenvalue weighted by molar-refractivity contribution is 9.10. The Hall–Kier alpha value is -2.48. The molecule has 6 nitrogen and oxygen atoms in total. The quantitative estimate of drug-likeness (QED) is 0.755. The van der Waals surface area contributed by atoms with E-state index in [0.717, 1.165) is 16.7 Å². The summed E-state index contributed by atoms with van der Waals surface area (Å²) >= 11 is 3.14. The first kappa shape index (κ1) is 13.5. The molecule has 1 aliphatic heterocycles. The van der Waals surface area contributed by atoms with Gasteiger partial charge in [-0.1, -0.05) is 6.07 Å². The van der Waals surface area contributed by atoms with Gasteiger partial charge in [-0.05, 0) is 28.1 Å². The number of rotatable bonds is 1. The van der Waals surface area contributed by atoms with Gasteiger partial charge in [-0.2, -0.15) is 0 Å². The number of pyridine rings is 1. The predicted molar refractivity (Wildman–Crippen MR) is 75.9 cm³/mol. The van der Waals surface area contributed by atoms with Crippen molar-refractivity contribution in [1.29, 1.82) is 0 Å². The van der Waals surface area contributed by atoms with E-state index in [2.05, 4.69) is 15.9 Å². The van der Waals surface area contributed by atoms with E-state index >= 15 is 0 Å². The van der Waals surface area contributed by atoms with Gasteiger partial charge in [-0.25, -0.2) is 4.39 Å². The molecular weight excluding hydrogens is 345 g/mol. The standard InChI is InChI=1S/C13H7BrFN3O3/c14-6-2-1-3-7(15)10(6)18-8(19)4-5-9(11(18)16)13(21)17-12(5)20/h1-4H,16H2,(H,17,20,21). The van der Waals surface area contributed by atoms with Gasteiger partial charge in [0.15, 0.2) is 0 Å². The number of nitrogens with zero attached hydrogens (tertiary/aromatic N) is 1. The van der Waals surface area contributed by atoms with Gasteiger partial charge in [0.25, 0.3) is 17.4 Å². The smallest absolute Gasteiger partial charge is 0.262 e. The van der Waals surface area contributed by atoms with Crippen molar-refractivity contribution in [3.8, 4) is 5.69 Å². The van der Waals surface area contributed by atoms with Gasteiger partial charge < -0.3 is 5.73 Å². The summed E-state index contributed by atoms with van der Waals surface area (Å²) in [5.41, 5.74) is 4.76. The molecule has 2 amide bonds. The van der Waals surface area contributed by atoms with Crippen molar-refractivity contribution in [2.24, 2.45) is 0 Å². The van der Waals surface area contributed by atoms with Crippen LogP contribution >= 0.6 is 15.9 Å². The minimum absolute atomic E-state index is 0.105. The fraction of sp³-hybridized carbons (Fsp3) is 0. The Labute approximate surface area is 125 Å². The molecule has 2 heterocycles. The van der Waals surface area contributed by atoms with Crippen LogP contribution in [0.4, 0.5) is 10.2 Å². The Morgan fingerprint density at radius 1 is 1.19 bits per heavy atom. The van der Waals surface area contributed by atoms with Crippen molar-refractivity contribution in [2.75, 3.05) is 5.73 Å². The Bertz CT molecular complexity index is 855. The summed E-state index contributed by atoms with van der Waals surface area (Å²) in [7, 11) is 0. The number of halogens is 2. The van der Waals surface area contributed by atoms with Crippen molar-refractivity contribution >= 4 is 33.6 Å². The van der Waals surface area contributed by atoms with E-state index < -0.39 is 23.2 Å². The molecule has 1 aromatic heterocycles. The fourth-order valence-corrected chi connectivity index (χ4v) is 2.73. The van der Waals surface area contributed by atoms with E-state index in [1.165, 1.54) is 12.1 Å². The van der Waals surface area contributed by atoms with Crippen LogP contribution in [-0.2, 0) is 0 Å². The number of fused-ring (bicyclic) bond motifs is 1. The number of imide groups is 1. The molecule has 0 spiro atoms. The van der Waals surface area contributed by atoms with E-state index in [1.54, 1.807) is 0 Å². The maximum absolute atomic E-state index is 14.0. The fourth-order valence-electron chi connectivity index (χ4n) is 2.21. The average Bonchev–Trinajstić information content (AvgIpc) is 2.68. The highest BCUT2D eigenvalue weighted by atomic mass is 79.9. The number of carbonyl (C=O) groups is 2. The first-order valence-electron chi connectivity index (χ1n) is 5.77. The third-order valence-corrected chi connectivity index (χ3v) is 3.75. The second kappa shape index (κ2) is 4.52. The summed E-state index contributed by atoms with van der Waals surface area (Å²) in [6.45, 7) is 0. The summed E-state index contributed by atoms with van der Waals surface area (Å²) < 4.78 is 15.2. The molecule has 1 aromatic carbocycles. The van der Waals surface area contributed by atoms with Gasteiger partial charge in [-0.15, -0.1) is 0 Å². The molecule has 8 heteroatoms. The van der Waals surface area contributed by atoms with Gasteiger partial charge in [0.2, 0.25) is 0 Å². The molecule has 106 valence electrons. The molecule has 1 aliphatic rings. The zero-order valence-corrected chi connectivity index (χ0v) is 11.9. The lowest BCUT2D eigenvalue weighted by molar-refractivity contribution is 0.0880. The molecule has 3 N–H and O–H groups in total. The molecule has 0 unspecified atom stereocenters. The van der Waals surface area contributed by atoms with Crippen LogP contribution in [0.2, 0.25) is 0 Å². The Kier molecular flexibility index (Phi) is 2.91. The van der Waals surface area contributed by atoms with E-state index in [0.29, 0.717) is 4.47 Å². The number of nitrogens with two attached hydrogens (primary N) is 1. The van der Waals surface area contributed by atoms with Gasteiger partial charge in [0, 0.05) is 10.5 Å². The summed E-state index contributed by atoms with van der Waals surface area (Å²) in [4.78, 5) is 35.4. The second-order valence-electron chi connectivity index (χ2n) is 4.35. The van der Waals surface area contributed by atoms with Crippen LogP contribution in [0, 0.1) is 5.82 Å². The molecule has 0 saturated carbocycles. The third kappa shape index (κ3) is 1.87. The zero-order valence-electron chi connectivity index (χ0n) is 10.3. The minimum atomic E-state index is -0.714. The third-order valence-electron chi connectivity index (χ3n) is 3.11. The van der Waals surface area contributed by atoms with E-state index in [1.807, 2.05) is 5.32 Å². The minimum Gasteiger partial charge on any atom is -0.384 e. The number of aromatic nitrogens is 1. The van der Waals surface area contributed by atoms with Gasteiger partial charge in [0.1, 0.15) is 17.3 Å². The predicted octanol–water partition coefficient (Wildman–Crippen LogP) is 1.20. The number of benzene rings is 1. The Morgan fingerprint density at radius 3 is 2.57 bits per heavy atom. The molecule has 2 aromatic rings. The number of hydrogen-bond donors (Lipinski definition) is 2. The molecule has 0 saturated heterocycles. The number of para-hydroxylation sites is 1. The van der Waals surface area contributed by atoms with Gasteiger partial charge in [0.05, 0.1) is 11.1 Å². The van der Waals surface area contributed by atoms with Gasteiger partial charge in [-0.3, -0.25) is 24.3 Å². The zero-order chi connectivity index (χ0) is 15.3. The SMILES string of the molecule is Nc1c2c(cc(=O)n1-c1c(F)cccc1Br)C(=O)NC2=O. The van der Waals surface area contributed by atoms with Crippen LogP contribution in [0.5, 0.6) is 0 Å². The summed E-state index contributed by atoms with van der Waals surface area (Å²) in [5.74, 6) is -2.39. The van der Waals surface area contributed by atoms with Crippen molar-refractivity contribution in [3.63, 3.8) is 0 Å². The van der Waals surface area contributed by atoms with Crippen LogP contribution in [0.25, 0.3) is 5.69 Å². The Morgan fingerprint density at radius 2 is 1.90 bits per heavy atom. The molecular formula is C13H7BrFN3O3. The van der Waals surface area contributed by atoms with E-state index in [-0.39, 0.29) is 22.6 Å². The first-order valence-corrected chi connectivity index (χ1v) is 6.56. The average molecular weight is 352 g/mol. The highest BCUT2D eigenvalue weighted by Crippen LogP contribution is 2.28. The monoisotopic (exact) mass is 351 g/mol. The number of carbonyl (C=O) groups excluding carboxylic acids is 2. The number of nitrogen functional groups attached to an aromatic ring is 1. The molecule has 0 bridgehead atoms. The van der Waals surface area contributed by atoms with Crippen molar-refractivity contribution < 1.29 is 14.0 Å². The molecule has 0 radical (unpaired) electrons. The normalized spacial score (nSPS) is 13.2. The van der Waals surface area contributed by atoms with Crippen molar-refractivity contribution in [3.05, 3.63) is 56.0 Å². The molecule has 0 atom stereocenters. The molecule has 0 fully saturated rings. The van der Waals surface area contributed by atoms with E-state index in [4.69, 9.17) is 5.73 Å². The number of amides is 2. The van der Waals surface area contributed by atoms with Crippen LogP contribution in [-0.4, -0.2) is 16.4 Å². The van der Waals surface area contributed by atoms with Crippen molar-refractivity contribution in [1.82, 2.24) is 9.88 Å². The summed E-state index contributed by atoms with van der Waals surface area (Å²) in [6.07, 6.45) is 0. The highest BCUT2D eigenvalue weighted by Gasteiger charge is 2.32. The Balaban J connectivity index is 2.42. The lowest BCUT2D eigenvalue weighted by Gasteiger charge is -2.13. The molecule has 3 rings (SSSR count). The molecule has 0 aliphatic carbocycles. The maximum Gasteiger partial charge on any atom is 0.262 e. The van der Waals surface area contributed by atoms with Crippen LogP contribution in [0.15, 0.2) is 33.5 Å². The topological polar surface area (TPSA) is 94.2 Å². The largest absolute Gasteiger partial charge is 0.384 e. The lowest BCUT2D eigenvalue weighted by atomic mass is 10.1. The van der Waals surface area contributed by atoms with Crippen LogP contribution in [0.3, 0.4) is 0 Å². The van der Waals surface area contributed by atoms with Gasteiger partial charge >= 0.3 is 0 Å². The van der Waals surface area contributed by atoms with Crippen LogP contribution < -0.4 is 16.6 Å². The summed E-state index contributed by atoms with van der Waals surface area (Å²) in [5, 5.41) is 2.04. The first-order chi connectivity index (χ1) is 9.91. The maximum atomic E-state index is 14.0. The van der Waals surface area contributed by atoms with Crippen LogP contribution in [0.1, 0.15) is 20.7 Å². The second-order valence-corrected chi connectivity index (χ2v) is 5.20. The summed E-state index contributed by atoms with van der Waals surface area (Å²) in [6, 6.07) is 5.10. The van der Waals surface area contributed by atoms with E-state index in [9.17, 15) is 18.8 Å². The molecule has 21 heavy (non-hydrogen) atoms. The number of hydrogen-bond acceptors (Lipinski definition) is 4. The lowest BCUT2D eigenvalue weighted by Crippen LogP contribution is -2.25. The van der Waals surface area contributed by atoms with Crippen molar-refractivity contribution in [2.45, 2.75) is 0 Å².